The first kappa shape index (κ1) is 19.1. The average molecular weight is 384 g/mol. The number of carbonyl (C=O) groups excluding carboxylic acids is 1. The predicted octanol–water partition coefficient (Wildman–Crippen LogP) is 4.54. The van der Waals surface area contributed by atoms with Crippen LogP contribution in [0.25, 0.3) is 0 Å². The van der Waals surface area contributed by atoms with Crippen molar-refractivity contribution in [3.05, 3.63) is 59.9 Å². The molecule has 0 radical (unpaired) electrons. The Hall–Kier alpha value is -2.67. The molecule has 140 valence electrons. The van der Waals surface area contributed by atoms with Crippen molar-refractivity contribution in [2.24, 2.45) is 16.0 Å². The van der Waals surface area contributed by atoms with Crippen LogP contribution in [0.4, 0.5) is 15.8 Å². The maximum absolute atomic E-state index is 13.7. The number of hydrogen-bond acceptors (Lipinski definition) is 4. The number of benzene rings is 2. The number of thioether (sulfide) groups is 1. The minimum absolute atomic E-state index is 0.0129. The van der Waals surface area contributed by atoms with Gasteiger partial charge in [-0.25, -0.2) is 9.38 Å². The lowest BCUT2D eigenvalue weighted by atomic mass is 10.1. The van der Waals surface area contributed by atoms with E-state index in [1.54, 1.807) is 18.2 Å². The Morgan fingerprint density at radius 3 is 2.63 bits per heavy atom. The van der Waals surface area contributed by atoms with Crippen molar-refractivity contribution in [3.8, 4) is 0 Å². The molecule has 0 aliphatic carbocycles. The molecule has 1 amide bonds. The molecule has 0 fully saturated rings. The van der Waals surface area contributed by atoms with E-state index in [-0.39, 0.29) is 17.4 Å². The van der Waals surface area contributed by atoms with Crippen molar-refractivity contribution in [2.45, 2.75) is 20.3 Å². The van der Waals surface area contributed by atoms with Gasteiger partial charge in [0.2, 0.25) is 5.91 Å². The molecule has 7 heteroatoms. The zero-order chi connectivity index (χ0) is 19.2. The van der Waals surface area contributed by atoms with E-state index in [1.807, 2.05) is 38.1 Å². The molecule has 2 aromatic rings. The number of amidine groups is 1. The van der Waals surface area contributed by atoms with E-state index in [4.69, 9.17) is 0 Å². The van der Waals surface area contributed by atoms with E-state index < -0.39 is 0 Å². The number of nitrogens with one attached hydrogen (secondary N) is 2. The molecule has 0 spiro atoms. The number of rotatable bonds is 5. The number of halogens is 1. The van der Waals surface area contributed by atoms with Crippen LogP contribution in [0.1, 0.15) is 25.8 Å². The molecule has 5 nitrogen and oxygen atoms in total. The Bertz CT molecular complexity index is 878. The van der Waals surface area contributed by atoms with Crippen LogP contribution in [0.3, 0.4) is 0 Å². The molecule has 1 heterocycles. The quantitative estimate of drug-likeness (QED) is 0.795. The van der Waals surface area contributed by atoms with E-state index in [9.17, 15) is 9.18 Å². The van der Waals surface area contributed by atoms with Crippen molar-refractivity contribution in [1.29, 1.82) is 0 Å². The maximum atomic E-state index is 13.7. The van der Waals surface area contributed by atoms with Gasteiger partial charge in [-0.05, 0) is 35.7 Å². The second-order valence-electron chi connectivity index (χ2n) is 6.55. The maximum Gasteiger partial charge on any atom is 0.224 e. The molecule has 1 aliphatic heterocycles. The Kier molecular flexibility index (Phi) is 6.24. The van der Waals surface area contributed by atoms with Crippen LogP contribution >= 0.6 is 11.8 Å². The minimum Gasteiger partial charge on any atom is -0.326 e. The van der Waals surface area contributed by atoms with E-state index in [1.165, 1.54) is 17.8 Å². The lowest BCUT2D eigenvalue weighted by molar-refractivity contribution is -0.116. The van der Waals surface area contributed by atoms with Gasteiger partial charge in [-0.2, -0.15) is 5.10 Å². The Morgan fingerprint density at radius 1 is 1.26 bits per heavy atom. The first-order valence-electron chi connectivity index (χ1n) is 8.70. The summed E-state index contributed by atoms with van der Waals surface area (Å²) >= 11 is 1.46. The van der Waals surface area contributed by atoms with E-state index in [0.717, 1.165) is 17.0 Å². The zero-order valence-electron chi connectivity index (χ0n) is 15.2. The Morgan fingerprint density at radius 2 is 2.00 bits per heavy atom. The number of amides is 1. The van der Waals surface area contributed by atoms with Crippen LogP contribution in [0.15, 0.2) is 58.6 Å². The Balaban J connectivity index is 1.64. The SMILES string of the molecule is CC(C)CC(=O)Nc1ccc(C2=NNC(=Nc3ccccc3F)SC2)cc1. The molecular formula is C20H21FN4OS. The molecular weight excluding hydrogens is 363 g/mol. The lowest BCUT2D eigenvalue weighted by Gasteiger charge is -2.15. The number of anilines is 1. The summed E-state index contributed by atoms with van der Waals surface area (Å²) in [5.41, 5.74) is 5.76. The molecule has 27 heavy (non-hydrogen) atoms. The van der Waals surface area contributed by atoms with Gasteiger partial charge in [0.1, 0.15) is 11.5 Å². The Labute approximate surface area is 162 Å². The van der Waals surface area contributed by atoms with Crippen LogP contribution in [-0.2, 0) is 4.79 Å². The lowest BCUT2D eigenvalue weighted by Crippen LogP contribution is -2.25. The van der Waals surface area contributed by atoms with Gasteiger partial charge in [-0.1, -0.05) is 49.9 Å². The molecule has 2 aromatic carbocycles. The van der Waals surface area contributed by atoms with Gasteiger partial charge in [0.05, 0.1) is 5.71 Å². The first-order chi connectivity index (χ1) is 13.0. The fraction of sp³-hybridized carbons (Fsp3) is 0.250. The number of para-hydroxylation sites is 1. The highest BCUT2D eigenvalue weighted by molar-refractivity contribution is 8.14. The molecule has 0 saturated carbocycles. The summed E-state index contributed by atoms with van der Waals surface area (Å²) in [4.78, 5) is 16.1. The van der Waals surface area contributed by atoms with Gasteiger partial charge in [0.15, 0.2) is 5.17 Å². The van der Waals surface area contributed by atoms with E-state index in [2.05, 4.69) is 20.8 Å². The number of aliphatic imine (C=N–C) groups is 1. The normalized spacial score (nSPS) is 15.4. The summed E-state index contributed by atoms with van der Waals surface area (Å²) in [5.74, 6) is 0.597. The molecule has 0 unspecified atom stereocenters. The van der Waals surface area contributed by atoms with Crippen molar-refractivity contribution in [2.75, 3.05) is 11.1 Å². The second kappa shape index (κ2) is 8.81. The minimum atomic E-state index is -0.364. The molecule has 2 N–H and O–H groups in total. The van der Waals surface area contributed by atoms with Gasteiger partial charge in [0.25, 0.3) is 0 Å². The van der Waals surface area contributed by atoms with E-state index >= 15 is 0 Å². The average Bonchev–Trinajstić information content (AvgIpc) is 2.64. The van der Waals surface area contributed by atoms with E-state index in [0.29, 0.717) is 23.3 Å². The summed E-state index contributed by atoms with van der Waals surface area (Å²) in [6.07, 6.45) is 0.499. The zero-order valence-corrected chi connectivity index (χ0v) is 16.0. The second-order valence-corrected chi connectivity index (χ2v) is 7.51. The number of hydrazone groups is 1. The molecule has 0 atom stereocenters. The monoisotopic (exact) mass is 384 g/mol. The highest BCUT2D eigenvalue weighted by atomic mass is 32.2. The van der Waals surface area contributed by atoms with Crippen molar-refractivity contribution in [3.63, 3.8) is 0 Å². The fourth-order valence-electron chi connectivity index (χ4n) is 2.50. The van der Waals surface area contributed by atoms with Crippen LogP contribution in [-0.4, -0.2) is 22.5 Å². The van der Waals surface area contributed by atoms with Crippen molar-refractivity contribution in [1.82, 2.24) is 5.43 Å². The van der Waals surface area contributed by atoms with Gasteiger partial charge in [-0.15, -0.1) is 0 Å². The summed E-state index contributed by atoms with van der Waals surface area (Å²) < 4.78 is 13.7. The number of carbonyl (C=O) groups is 1. The molecule has 0 bridgehead atoms. The third-order valence-electron chi connectivity index (χ3n) is 3.80. The van der Waals surface area contributed by atoms with Gasteiger partial charge >= 0.3 is 0 Å². The smallest absolute Gasteiger partial charge is 0.224 e. The van der Waals surface area contributed by atoms with Crippen molar-refractivity contribution < 1.29 is 9.18 Å². The van der Waals surface area contributed by atoms with Gasteiger partial charge < -0.3 is 5.32 Å². The standard InChI is InChI=1S/C20H21FN4OS/c1-13(2)11-19(26)22-15-9-7-14(8-10-15)18-12-27-20(25-24-18)23-17-6-4-3-5-16(17)21/h3-10,13H,11-12H2,1-2H3,(H,22,26)(H,23,25). The molecule has 1 aliphatic rings. The van der Waals surface area contributed by atoms with Crippen LogP contribution in [0.2, 0.25) is 0 Å². The number of hydrogen-bond donors (Lipinski definition) is 2. The van der Waals surface area contributed by atoms with Crippen LogP contribution in [0, 0.1) is 11.7 Å². The highest BCUT2D eigenvalue weighted by Crippen LogP contribution is 2.21. The van der Waals surface area contributed by atoms with Gasteiger partial charge in [0, 0.05) is 17.9 Å². The predicted molar refractivity (Wildman–Crippen MR) is 110 cm³/mol. The van der Waals surface area contributed by atoms with Gasteiger partial charge in [-0.3, -0.25) is 10.2 Å². The summed E-state index contributed by atoms with van der Waals surface area (Å²) in [5, 5.41) is 7.79. The first-order valence-corrected chi connectivity index (χ1v) is 9.68. The third kappa shape index (κ3) is 5.40. The largest absolute Gasteiger partial charge is 0.326 e. The van der Waals surface area contributed by atoms with Crippen LogP contribution < -0.4 is 10.7 Å². The topological polar surface area (TPSA) is 65.8 Å². The summed E-state index contributed by atoms with van der Waals surface area (Å²) in [6.45, 7) is 4.02. The van der Waals surface area contributed by atoms with Crippen molar-refractivity contribution >= 4 is 39.9 Å². The number of nitrogens with zero attached hydrogens (tertiary/aromatic N) is 2. The highest BCUT2D eigenvalue weighted by Gasteiger charge is 2.14. The molecule has 0 aromatic heterocycles. The summed E-state index contributed by atoms with van der Waals surface area (Å²) in [7, 11) is 0. The summed E-state index contributed by atoms with van der Waals surface area (Å²) in [6, 6.07) is 13.9. The third-order valence-corrected chi connectivity index (χ3v) is 4.68. The molecule has 0 saturated heterocycles. The molecule has 3 rings (SSSR count). The fourth-order valence-corrected chi connectivity index (χ4v) is 3.28. The van der Waals surface area contributed by atoms with Crippen LogP contribution in [0.5, 0.6) is 0 Å².